The van der Waals surface area contributed by atoms with Gasteiger partial charge in [-0.3, -0.25) is 10.2 Å². The standard InChI is InChI=1S/C7H12N2O5/c1-7(2,3)14-6(13)9-8-4(10)5(11)12/h1-3H3,(H,8,10)(H,9,13)(H,11,12). The lowest BCUT2D eigenvalue weighted by Crippen LogP contribution is -2.46. The van der Waals surface area contributed by atoms with Gasteiger partial charge in [0.2, 0.25) is 0 Å². The van der Waals surface area contributed by atoms with Crippen molar-refractivity contribution in [3.05, 3.63) is 0 Å². The predicted molar refractivity (Wildman–Crippen MR) is 45.1 cm³/mol. The summed E-state index contributed by atoms with van der Waals surface area (Å²) < 4.78 is 4.71. The zero-order valence-electron chi connectivity index (χ0n) is 8.08. The monoisotopic (exact) mass is 204 g/mol. The Labute approximate surface area is 80.4 Å². The van der Waals surface area contributed by atoms with Crippen molar-refractivity contribution in [1.29, 1.82) is 0 Å². The van der Waals surface area contributed by atoms with Gasteiger partial charge in [-0.1, -0.05) is 0 Å². The number of rotatable bonds is 0. The number of amides is 2. The molecular formula is C7H12N2O5. The number of nitrogens with one attached hydrogen (secondary N) is 2. The van der Waals surface area contributed by atoms with Gasteiger partial charge in [0.1, 0.15) is 5.60 Å². The number of hydrogen-bond acceptors (Lipinski definition) is 4. The molecule has 0 aliphatic heterocycles. The predicted octanol–water partition coefficient (Wildman–Crippen LogP) is -0.373. The summed E-state index contributed by atoms with van der Waals surface area (Å²) in [6.45, 7) is 4.89. The maximum absolute atomic E-state index is 10.8. The van der Waals surface area contributed by atoms with Crippen molar-refractivity contribution >= 4 is 18.0 Å². The first-order valence-electron chi connectivity index (χ1n) is 3.74. The van der Waals surface area contributed by atoms with Crippen LogP contribution in [-0.2, 0) is 14.3 Å². The van der Waals surface area contributed by atoms with Crippen molar-refractivity contribution in [2.75, 3.05) is 0 Å². The molecule has 0 aliphatic carbocycles. The van der Waals surface area contributed by atoms with Gasteiger partial charge in [-0.15, -0.1) is 0 Å². The maximum Gasteiger partial charge on any atom is 0.426 e. The molecule has 0 aromatic heterocycles. The van der Waals surface area contributed by atoms with E-state index in [1.54, 1.807) is 31.6 Å². The van der Waals surface area contributed by atoms with Crippen LogP contribution in [0.15, 0.2) is 0 Å². The number of aliphatic carboxylic acids is 1. The molecule has 0 spiro atoms. The second-order valence-corrected chi connectivity index (χ2v) is 3.39. The highest BCUT2D eigenvalue weighted by molar-refractivity contribution is 6.31. The van der Waals surface area contributed by atoms with E-state index in [1.165, 1.54) is 0 Å². The second kappa shape index (κ2) is 4.45. The summed E-state index contributed by atoms with van der Waals surface area (Å²) in [7, 11) is 0. The van der Waals surface area contributed by atoms with Crippen LogP contribution in [0.3, 0.4) is 0 Å². The maximum atomic E-state index is 10.8. The van der Waals surface area contributed by atoms with Gasteiger partial charge in [-0.05, 0) is 20.8 Å². The first-order chi connectivity index (χ1) is 6.22. The smallest absolute Gasteiger partial charge is 0.426 e. The Morgan fingerprint density at radius 3 is 2.00 bits per heavy atom. The fourth-order valence-corrected chi connectivity index (χ4v) is 0.465. The molecule has 0 aromatic carbocycles. The van der Waals surface area contributed by atoms with E-state index in [0.717, 1.165) is 0 Å². The van der Waals surface area contributed by atoms with Crippen LogP contribution in [0.5, 0.6) is 0 Å². The fraction of sp³-hybridized carbons (Fsp3) is 0.571. The van der Waals surface area contributed by atoms with Gasteiger partial charge in [-0.2, -0.15) is 0 Å². The summed E-state index contributed by atoms with van der Waals surface area (Å²) in [4.78, 5) is 31.3. The van der Waals surface area contributed by atoms with Gasteiger partial charge >= 0.3 is 18.0 Å². The van der Waals surface area contributed by atoms with Gasteiger partial charge in [0.15, 0.2) is 0 Å². The summed E-state index contributed by atoms with van der Waals surface area (Å²) in [5, 5.41) is 8.12. The van der Waals surface area contributed by atoms with Crippen LogP contribution in [0.25, 0.3) is 0 Å². The lowest BCUT2D eigenvalue weighted by Gasteiger charge is -2.19. The summed E-state index contributed by atoms with van der Waals surface area (Å²) in [5.41, 5.74) is 2.71. The number of hydrazine groups is 1. The van der Waals surface area contributed by atoms with Gasteiger partial charge < -0.3 is 9.84 Å². The molecule has 0 bridgehead atoms. The first-order valence-corrected chi connectivity index (χ1v) is 3.74. The lowest BCUT2D eigenvalue weighted by molar-refractivity contribution is -0.150. The minimum atomic E-state index is -1.69. The molecular weight excluding hydrogens is 192 g/mol. The minimum absolute atomic E-state index is 0.710. The van der Waals surface area contributed by atoms with Gasteiger partial charge in [0, 0.05) is 0 Å². The Bertz CT molecular complexity index is 255. The van der Waals surface area contributed by atoms with Crippen LogP contribution in [0, 0.1) is 0 Å². The normalized spacial score (nSPS) is 10.2. The molecule has 0 saturated carbocycles. The number of carbonyl (C=O) groups is 3. The van der Waals surface area contributed by atoms with Crippen LogP contribution < -0.4 is 10.9 Å². The highest BCUT2D eigenvalue weighted by atomic mass is 16.6. The molecule has 0 radical (unpaired) electrons. The zero-order valence-corrected chi connectivity index (χ0v) is 8.08. The summed E-state index contributed by atoms with van der Waals surface area (Å²) >= 11 is 0. The molecule has 2 amide bonds. The van der Waals surface area contributed by atoms with E-state index in [-0.39, 0.29) is 0 Å². The van der Waals surface area contributed by atoms with Gasteiger partial charge in [-0.25, -0.2) is 15.0 Å². The number of carboxylic acid groups (broad SMARTS) is 1. The topological polar surface area (TPSA) is 105 Å². The molecule has 0 fully saturated rings. The van der Waals surface area contributed by atoms with E-state index in [2.05, 4.69) is 0 Å². The average Bonchev–Trinajstić information content (AvgIpc) is 1.96. The van der Waals surface area contributed by atoms with Crippen molar-refractivity contribution in [3.63, 3.8) is 0 Å². The van der Waals surface area contributed by atoms with Crippen LogP contribution in [0.4, 0.5) is 4.79 Å². The van der Waals surface area contributed by atoms with Crippen molar-refractivity contribution in [2.45, 2.75) is 26.4 Å². The van der Waals surface area contributed by atoms with Gasteiger partial charge in [0.25, 0.3) is 0 Å². The Morgan fingerprint density at radius 1 is 1.14 bits per heavy atom. The molecule has 3 N–H and O–H groups in total. The average molecular weight is 204 g/mol. The van der Waals surface area contributed by atoms with E-state index < -0.39 is 23.6 Å². The Kier molecular flexibility index (Phi) is 3.88. The van der Waals surface area contributed by atoms with Crippen LogP contribution in [0.1, 0.15) is 20.8 Å². The number of carboxylic acids is 1. The van der Waals surface area contributed by atoms with Crippen molar-refractivity contribution in [2.24, 2.45) is 0 Å². The molecule has 14 heavy (non-hydrogen) atoms. The molecule has 0 aromatic rings. The van der Waals surface area contributed by atoms with Crippen LogP contribution >= 0.6 is 0 Å². The Balaban J connectivity index is 3.87. The third-order valence-corrected chi connectivity index (χ3v) is 0.871. The summed E-state index contributed by atoms with van der Waals surface area (Å²) in [6, 6.07) is 0. The highest BCUT2D eigenvalue weighted by Gasteiger charge is 2.17. The number of carbonyl (C=O) groups excluding carboxylic acids is 2. The number of hydrogen-bond donors (Lipinski definition) is 3. The van der Waals surface area contributed by atoms with E-state index in [0.29, 0.717) is 0 Å². The lowest BCUT2D eigenvalue weighted by atomic mass is 10.2. The van der Waals surface area contributed by atoms with Crippen LogP contribution in [-0.4, -0.2) is 28.7 Å². The van der Waals surface area contributed by atoms with Crippen molar-refractivity contribution in [3.8, 4) is 0 Å². The number of ether oxygens (including phenoxy) is 1. The third-order valence-electron chi connectivity index (χ3n) is 0.871. The fourth-order valence-electron chi connectivity index (χ4n) is 0.465. The van der Waals surface area contributed by atoms with E-state index in [9.17, 15) is 14.4 Å². The summed E-state index contributed by atoms with van der Waals surface area (Å²) in [5.74, 6) is -3.03. The van der Waals surface area contributed by atoms with Gasteiger partial charge in [0.05, 0.1) is 0 Å². The second-order valence-electron chi connectivity index (χ2n) is 3.39. The zero-order chi connectivity index (χ0) is 11.4. The van der Waals surface area contributed by atoms with E-state index in [4.69, 9.17) is 9.84 Å². The van der Waals surface area contributed by atoms with Crippen molar-refractivity contribution in [1.82, 2.24) is 10.9 Å². The summed E-state index contributed by atoms with van der Waals surface area (Å²) in [6.07, 6.45) is -0.924. The quantitative estimate of drug-likeness (QED) is 0.368. The molecule has 0 saturated heterocycles. The molecule has 0 atom stereocenters. The molecule has 0 heterocycles. The van der Waals surface area contributed by atoms with Crippen molar-refractivity contribution < 1.29 is 24.2 Å². The van der Waals surface area contributed by atoms with Crippen LogP contribution in [0.2, 0.25) is 0 Å². The molecule has 80 valence electrons. The molecule has 0 rings (SSSR count). The van der Waals surface area contributed by atoms with E-state index in [1.807, 2.05) is 0 Å². The molecule has 7 nitrogen and oxygen atoms in total. The highest BCUT2D eigenvalue weighted by Crippen LogP contribution is 2.05. The Hall–Kier alpha value is -1.79. The Morgan fingerprint density at radius 2 is 1.64 bits per heavy atom. The molecule has 0 unspecified atom stereocenters. The first kappa shape index (κ1) is 12.2. The molecule has 7 heteroatoms. The third kappa shape index (κ3) is 5.81. The van der Waals surface area contributed by atoms with E-state index >= 15 is 0 Å². The minimum Gasteiger partial charge on any atom is -0.474 e. The molecule has 0 aliphatic rings. The largest absolute Gasteiger partial charge is 0.474 e. The SMILES string of the molecule is CC(C)(C)OC(=O)NNC(=O)C(=O)O.